The van der Waals surface area contributed by atoms with Crippen molar-refractivity contribution in [1.82, 2.24) is 9.97 Å². The van der Waals surface area contributed by atoms with Crippen molar-refractivity contribution in [1.29, 1.82) is 0 Å². The molecule has 0 spiro atoms. The molecule has 2 heteroatoms. The van der Waals surface area contributed by atoms with Gasteiger partial charge in [0.05, 0.1) is 11.2 Å². The number of benzene rings is 9. The Hall–Kier alpha value is -6.64. The van der Waals surface area contributed by atoms with Crippen molar-refractivity contribution in [2.45, 2.75) is 0 Å². The van der Waals surface area contributed by atoms with Gasteiger partial charge in [-0.25, -0.2) is 9.97 Å². The van der Waals surface area contributed by atoms with Crippen molar-refractivity contribution in [3.05, 3.63) is 182 Å². The minimum atomic E-state index is 0.724. The van der Waals surface area contributed by atoms with Gasteiger partial charge in [-0.1, -0.05) is 158 Å². The monoisotopic (exact) mass is 634 g/mol. The van der Waals surface area contributed by atoms with Crippen molar-refractivity contribution >= 4 is 54.0 Å². The first kappa shape index (κ1) is 28.4. The van der Waals surface area contributed by atoms with Crippen LogP contribution in [0.4, 0.5) is 0 Å². The summed E-state index contributed by atoms with van der Waals surface area (Å²) in [5.74, 6) is 0.724. The molecule has 0 radical (unpaired) electrons. The van der Waals surface area contributed by atoms with Gasteiger partial charge in [-0.3, -0.25) is 0 Å². The van der Waals surface area contributed by atoms with E-state index >= 15 is 0 Å². The average Bonchev–Trinajstić information content (AvgIpc) is 3.20. The van der Waals surface area contributed by atoms with Gasteiger partial charge in [-0.2, -0.15) is 0 Å². The maximum Gasteiger partial charge on any atom is 0.160 e. The van der Waals surface area contributed by atoms with E-state index < -0.39 is 0 Å². The minimum absolute atomic E-state index is 0.724. The Morgan fingerprint density at radius 1 is 0.280 bits per heavy atom. The van der Waals surface area contributed by atoms with E-state index in [1.54, 1.807) is 0 Å². The fraction of sp³-hybridized carbons (Fsp3) is 0. The van der Waals surface area contributed by atoms with E-state index in [1.807, 2.05) is 0 Å². The summed E-state index contributed by atoms with van der Waals surface area (Å²) in [6.07, 6.45) is 0. The largest absolute Gasteiger partial charge is 0.227 e. The van der Waals surface area contributed by atoms with Crippen LogP contribution in [0.2, 0.25) is 0 Å². The molecule has 50 heavy (non-hydrogen) atoms. The lowest BCUT2D eigenvalue weighted by Gasteiger charge is -2.16. The van der Waals surface area contributed by atoms with Crippen molar-refractivity contribution in [2.75, 3.05) is 0 Å². The summed E-state index contributed by atoms with van der Waals surface area (Å²) in [5, 5.41) is 10.5. The molecule has 0 amide bonds. The van der Waals surface area contributed by atoms with Gasteiger partial charge in [0.15, 0.2) is 5.82 Å². The average molecular weight is 635 g/mol. The molecule has 0 saturated heterocycles. The summed E-state index contributed by atoms with van der Waals surface area (Å²) in [4.78, 5) is 10.8. The van der Waals surface area contributed by atoms with Crippen LogP contribution in [0.25, 0.3) is 98.9 Å². The van der Waals surface area contributed by atoms with E-state index in [-0.39, 0.29) is 0 Å². The number of nitrogens with zero attached hydrogens (tertiary/aromatic N) is 2. The molecule has 0 atom stereocenters. The van der Waals surface area contributed by atoms with E-state index in [9.17, 15) is 0 Å². The molecule has 1 aromatic heterocycles. The molecule has 2 nitrogen and oxygen atoms in total. The first-order valence-electron chi connectivity index (χ1n) is 17.1. The van der Waals surface area contributed by atoms with E-state index in [2.05, 4.69) is 182 Å². The summed E-state index contributed by atoms with van der Waals surface area (Å²) in [6, 6.07) is 65.1. The van der Waals surface area contributed by atoms with Crippen LogP contribution in [0.3, 0.4) is 0 Å². The van der Waals surface area contributed by atoms with E-state index in [0.717, 1.165) is 49.7 Å². The highest BCUT2D eigenvalue weighted by molar-refractivity contribution is 6.27. The van der Waals surface area contributed by atoms with Crippen LogP contribution >= 0.6 is 0 Å². The fourth-order valence-electron chi connectivity index (χ4n) is 7.51. The smallest absolute Gasteiger partial charge is 0.160 e. The Morgan fingerprint density at radius 3 is 1.28 bits per heavy atom. The van der Waals surface area contributed by atoms with Crippen molar-refractivity contribution in [2.24, 2.45) is 0 Å². The summed E-state index contributed by atoms with van der Waals surface area (Å²) in [6.45, 7) is 0. The van der Waals surface area contributed by atoms with Gasteiger partial charge in [0.25, 0.3) is 0 Å². The molecule has 0 fully saturated rings. The van der Waals surface area contributed by atoms with Crippen LogP contribution in [0.15, 0.2) is 182 Å². The fourth-order valence-corrected chi connectivity index (χ4v) is 7.51. The quantitative estimate of drug-likeness (QED) is 0.180. The second-order valence-electron chi connectivity index (χ2n) is 13.0. The third-order valence-corrected chi connectivity index (χ3v) is 10.0. The number of rotatable bonds is 4. The predicted molar refractivity (Wildman–Crippen MR) is 211 cm³/mol. The van der Waals surface area contributed by atoms with E-state index in [4.69, 9.17) is 9.97 Å². The molecular formula is C48H30N2. The van der Waals surface area contributed by atoms with Gasteiger partial charge in [-0.15, -0.1) is 0 Å². The summed E-state index contributed by atoms with van der Waals surface area (Å²) in [5.41, 5.74) is 8.84. The lowest BCUT2D eigenvalue weighted by atomic mass is 9.93. The molecule has 10 rings (SSSR count). The van der Waals surface area contributed by atoms with E-state index in [0.29, 0.717) is 0 Å². The summed E-state index contributed by atoms with van der Waals surface area (Å²) in [7, 11) is 0. The molecule has 9 aromatic carbocycles. The molecule has 1 heterocycles. The number of hydrogen-bond donors (Lipinski definition) is 0. The molecule has 10 aromatic rings. The molecule has 0 N–H and O–H groups in total. The Labute approximate surface area is 290 Å². The van der Waals surface area contributed by atoms with Crippen LogP contribution in [-0.4, -0.2) is 9.97 Å². The van der Waals surface area contributed by atoms with Crippen molar-refractivity contribution in [3.8, 4) is 44.9 Å². The zero-order valence-electron chi connectivity index (χ0n) is 27.2. The van der Waals surface area contributed by atoms with Crippen LogP contribution in [0.5, 0.6) is 0 Å². The van der Waals surface area contributed by atoms with Crippen LogP contribution in [0.1, 0.15) is 0 Å². The van der Waals surface area contributed by atoms with Gasteiger partial charge < -0.3 is 0 Å². The molecular weight excluding hydrogens is 605 g/mol. The third-order valence-electron chi connectivity index (χ3n) is 10.0. The second-order valence-corrected chi connectivity index (χ2v) is 13.0. The standard InChI is InChI=1S/C48H30N2/c1-3-11-31(12-4-1)33-19-21-37-29-39(25-23-35(37)27-33)46-45-43-17-9-7-15-41(43)42-16-8-10-18-44(42)47(45)50-48(49-46)40-26-24-36-28-34(20-22-38(36)30-40)32-13-5-2-6-14-32/h1-30H. The normalized spacial score (nSPS) is 11.6. The molecule has 0 aliphatic rings. The van der Waals surface area contributed by atoms with Crippen molar-refractivity contribution < 1.29 is 0 Å². The molecule has 0 aliphatic carbocycles. The number of hydrogen-bond acceptors (Lipinski definition) is 2. The number of aromatic nitrogens is 2. The highest BCUT2D eigenvalue weighted by Gasteiger charge is 2.18. The SMILES string of the molecule is c1ccc(-c2ccc3cc(-c4nc(-c5ccc6cc(-c7ccccc7)ccc6c5)c5c6ccccc6c6ccccc6c5n4)ccc3c2)cc1. The molecule has 0 unspecified atom stereocenters. The Balaban J connectivity index is 1.20. The van der Waals surface area contributed by atoms with Gasteiger partial charge in [0.2, 0.25) is 0 Å². The molecule has 0 saturated carbocycles. The maximum atomic E-state index is 5.43. The zero-order chi connectivity index (χ0) is 33.0. The van der Waals surface area contributed by atoms with Crippen LogP contribution in [-0.2, 0) is 0 Å². The summed E-state index contributed by atoms with van der Waals surface area (Å²) < 4.78 is 0. The van der Waals surface area contributed by atoms with E-state index in [1.165, 1.54) is 49.2 Å². The number of fused-ring (bicyclic) bond motifs is 8. The maximum absolute atomic E-state index is 5.43. The van der Waals surface area contributed by atoms with Gasteiger partial charge in [0.1, 0.15) is 0 Å². The van der Waals surface area contributed by atoms with Gasteiger partial charge in [0, 0.05) is 21.9 Å². The zero-order valence-corrected chi connectivity index (χ0v) is 27.2. The summed E-state index contributed by atoms with van der Waals surface area (Å²) >= 11 is 0. The van der Waals surface area contributed by atoms with Crippen molar-refractivity contribution in [3.63, 3.8) is 0 Å². The minimum Gasteiger partial charge on any atom is -0.227 e. The highest BCUT2D eigenvalue weighted by Crippen LogP contribution is 2.41. The third kappa shape index (κ3) is 4.73. The van der Waals surface area contributed by atoms with Crippen LogP contribution in [0, 0.1) is 0 Å². The Kier molecular flexibility index (Phi) is 6.53. The highest BCUT2D eigenvalue weighted by atomic mass is 14.9. The predicted octanol–water partition coefficient (Wildman–Crippen LogP) is 12.9. The van der Waals surface area contributed by atoms with Crippen LogP contribution < -0.4 is 0 Å². The lowest BCUT2D eigenvalue weighted by molar-refractivity contribution is 1.24. The van der Waals surface area contributed by atoms with Gasteiger partial charge >= 0.3 is 0 Å². The Morgan fingerprint density at radius 2 is 0.700 bits per heavy atom. The molecule has 232 valence electrons. The lowest BCUT2D eigenvalue weighted by Crippen LogP contribution is -1.97. The van der Waals surface area contributed by atoms with Gasteiger partial charge in [-0.05, 0) is 84.2 Å². The molecule has 0 aliphatic heterocycles. The second kappa shape index (κ2) is 11.5. The topological polar surface area (TPSA) is 25.8 Å². The molecule has 0 bridgehead atoms. The first-order chi connectivity index (χ1) is 24.8. The first-order valence-corrected chi connectivity index (χ1v) is 17.1. The Bertz CT molecular complexity index is 2910.